The van der Waals surface area contributed by atoms with Crippen LogP contribution in [0.15, 0.2) is 40.5 Å². The molecular weight excluding hydrogens is 262 g/mol. The second-order valence-electron chi connectivity index (χ2n) is 4.09. The lowest BCUT2D eigenvalue weighted by Crippen LogP contribution is -2.17. The van der Waals surface area contributed by atoms with E-state index in [0.29, 0.717) is 6.54 Å². The van der Waals surface area contributed by atoms with E-state index in [-0.39, 0.29) is 5.69 Å². The van der Waals surface area contributed by atoms with Gasteiger partial charge in [0, 0.05) is 12.3 Å². The zero-order valence-electron chi connectivity index (χ0n) is 10.2. The lowest BCUT2D eigenvalue weighted by atomic mass is 10.3. The Morgan fingerprint density at radius 1 is 1.32 bits per heavy atom. The van der Waals surface area contributed by atoms with Gasteiger partial charge in [-0.3, -0.25) is 9.67 Å². The van der Waals surface area contributed by atoms with Gasteiger partial charge in [-0.25, -0.2) is 9.78 Å². The van der Waals surface area contributed by atoms with Crippen LogP contribution >= 0.6 is 11.8 Å². The van der Waals surface area contributed by atoms with Crippen molar-refractivity contribution in [2.75, 3.05) is 5.75 Å². The molecule has 2 N–H and O–H groups in total. The van der Waals surface area contributed by atoms with Crippen LogP contribution in [0, 0.1) is 0 Å². The van der Waals surface area contributed by atoms with Crippen molar-refractivity contribution in [1.82, 2.24) is 24.7 Å². The van der Waals surface area contributed by atoms with E-state index in [2.05, 4.69) is 20.2 Å². The standard InChI is InChI=1S/C12H13N5OS/c18-12-15-9-4-1-2-5-10(9)17(12)6-3-7-19-11-13-8-14-16-11/h1-2,4-5,8H,3,6-7H2,(H,15,18)(H,13,14,16). The molecule has 0 atom stereocenters. The molecule has 0 aliphatic heterocycles. The molecule has 0 bridgehead atoms. The summed E-state index contributed by atoms with van der Waals surface area (Å²) in [6, 6.07) is 7.73. The van der Waals surface area contributed by atoms with Crippen LogP contribution < -0.4 is 5.69 Å². The van der Waals surface area contributed by atoms with Crippen LogP contribution in [-0.2, 0) is 6.54 Å². The maximum Gasteiger partial charge on any atom is 0.326 e. The molecule has 0 saturated carbocycles. The van der Waals surface area contributed by atoms with Gasteiger partial charge in [0.25, 0.3) is 0 Å². The van der Waals surface area contributed by atoms with Crippen molar-refractivity contribution >= 4 is 22.8 Å². The molecule has 98 valence electrons. The van der Waals surface area contributed by atoms with Crippen molar-refractivity contribution in [1.29, 1.82) is 0 Å². The highest BCUT2D eigenvalue weighted by molar-refractivity contribution is 7.99. The number of aryl methyl sites for hydroxylation is 1. The summed E-state index contributed by atoms with van der Waals surface area (Å²) in [7, 11) is 0. The van der Waals surface area contributed by atoms with E-state index in [9.17, 15) is 4.79 Å². The molecular formula is C12H13N5OS. The summed E-state index contributed by atoms with van der Waals surface area (Å²) in [4.78, 5) is 18.7. The Hall–Kier alpha value is -2.02. The van der Waals surface area contributed by atoms with Crippen LogP contribution in [0.4, 0.5) is 0 Å². The van der Waals surface area contributed by atoms with Gasteiger partial charge in [0.1, 0.15) is 6.33 Å². The third kappa shape index (κ3) is 2.55. The zero-order valence-corrected chi connectivity index (χ0v) is 11.0. The molecule has 3 aromatic rings. The number of aromatic amines is 2. The topological polar surface area (TPSA) is 79.4 Å². The van der Waals surface area contributed by atoms with Crippen LogP contribution in [-0.4, -0.2) is 30.5 Å². The molecule has 0 radical (unpaired) electrons. The molecule has 0 fully saturated rings. The number of H-pyrrole nitrogens is 2. The fourth-order valence-electron chi connectivity index (χ4n) is 1.98. The normalized spacial score (nSPS) is 11.2. The van der Waals surface area contributed by atoms with Gasteiger partial charge in [-0.05, 0) is 18.6 Å². The molecule has 0 aliphatic carbocycles. The Labute approximate surface area is 113 Å². The molecule has 19 heavy (non-hydrogen) atoms. The predicted molar refractivity (Wildman–Crippen MR) is 74.3 cm³/mol. The summed E-state index contributed by atoms with van der Waals surface area (Å²) in [5, 5.41) is 7.40. The fraction of sp³-hybridized carbons (Fsp3) is 0.250. The molecule has 0 amide bonds. The highest BCUT2D eigenvalue weighted by Gasteiger charge is 2.05. The number of nitrogens with zero attached hydrogens (tertiary/aromatic N) is 3. The third-order valence-electron chi connectivity index (χ3n) is 2.84. The Kier molecular flexibility index (Phi) is 3.37. The smallest absolute Gasteiger partial charge is 0.306 e. The van der Waals surface area contributed by atoms with Crippen LogP contribution in [0.2, 0.25) is 0 Å². The zero-order chi connectivity index (χ0) is 13.1. The summed E-state index contributed by atoms with van der Waals surface area (Å²) in [5.74, 6) is 0.890. The van der Waals surface area contributed by atoms with E-state index in [1.807, 2.05) is 24.3 Å². The predicted octanol–water partition coefficient (Wildman–Crippen LogP) is 1.63. The van der Waals surface area contributed by atoms with Gasteiger partial charge in [-0.2, -0.15) is 5.10 Å². The Bertz CT molecular complexity index is 715. The number of imidazole rings is 1. The number of aromatic nitrogens is 5. The Morgan fingerprint density at radius 2 is 2.21 bits per heavy atom. The first kappa shape index (κ1) is 12.0. The molecule has 6 nitrogen and oxygen atoms in total. The molecule has 0 aliphatic rings. The number of thioether (sulfide) groups is 1. The van der Waals surface area contributed by atoms with Crippen molar-refractivity contribution in [2.24, 2.45) is 0 Å². The van der Waals surface area contributed by atoms with E-state index in [4.69, 9.17) is 0 Å². The second kappa shape index (κ2) is 5.31. The number of hydrogen-bond acceptors (Lipinski definition) is 4. The molecule has 2 aromatic heterocycles. The average Bonchev–Trinajstić information content (AvgIpc) is 3.02. The van der Waals surface area contributed by atoms with Crippen molar-refractivity contribution in [3.05, 3.63) is 41.1 Å². The quantitative estimate of drug-likeness (QED) is 0.548. The largest absolute Gasteiger partial charge is 0.326 e. The van der Waals surface area contributed by atoms with Gasteiger partial charge in [0.2, 0.25) is 0 Å². The van der Waals surface area contributed by atoms with Gasteiger partial charge in [0.15, 0.2) is 5.16 Å². The van der Waals surface area contributed by atoms with E-state index < -0.39 is 0 Å². The van der Waals surface area contributed by atoms with Crippen LogP contribution in [0.3, 0.4) is 0 Å². The second-order valence-corrected chi connectivity index (χ2v) is 5.18. The molecule has 3 rings (SSSR count). The summed E-state index contributed by atoms with van der Waals surface area (Å²) < 4.78 is 1.77. The first-order chi connectivity index (χ1) is 9.34. The van der Waals surface area contributed by atoms with E-state index in [1.165, 1.54) is 6.33 Å². The van der Waals surface area contributed by atoms with Gasteiger partial charge in [0.05, 0.1) is 11.0 Å². The number of nitrogens with one attached hydrogen (secondary N) is 2. The fourth-order valence-corrected chi connectivity index (χ4v) is 2.69. The SMILES string of the molecule is O=c1[nH]c2ccccc2n1CCCSc1ncn[nH]1. The van der Waals surface area contributed by atoms with Gasteiger partial charge >= 0.3 is 5.69 Å². The molecule has 0 unspecified atom stereocenters. The van der Waals surface area contributed by atoms with Crippen LogP contribution in [0.25, 0.3) is 11.0 Å². The lowest BCUT2D eigenvalue weighted by molar-refractivity contribution is 0.679. The first-order valence-corrected chi connectivity index (χ1v) is 6.99. The van der Waals surface area contributed by atoms with Crippen LogP contribution in [0.5, 0.6) is 0 Å². The van der Waals surface area contributed by atoms with Crippen molar-refractivity contribution in [3.8, 4) is 0 Å². The monoisotopic (exact) mass is 275 g/mol. The van der Waals surface area contributed by atoms with E-state index in [1.54, 1.807) is 16.3 Å². The summed E-state index contributed by atoms with van der Waals surface area (Å²) >= 11 is 1.61. The van der Waals surface area contributed by atoms with Gasteiger partial charge in [-0.15, -0.1) is 0 Å². The highest BCUT2D eigenvalue weighted by atomic mass is 32.2. The maximum atomic E-state index is 11.8. The maximum absolute atomic E-state index is 11.8. The summed E-state index contributed by atoms with van der Waals surface area (Å²) in [6.45, 7) is 0.698. The van der Waals surface area contributed by atoms with Crippen molar-refractivity contribution in [2.45, 2.75) is 18.1 Å². The molecule has 2 heterocycles. The number of fused-ring (bicyclic) bond motifs is 1. The van der Waals surface area contributed by atoms with Gasteiger partial charge < -0.3 is 4.98 Å². The van der Waals surface area contributed by atoms with Crippen molar-refractivity contribution in [3.63, 3.8) is 0 Å². The van der Waals surface area contributed by atoms with Crippen molar-refractivity contribution < 1.29 is 0 Å². The lowest BCUT2D eigenvalue weighted by Gasteiger charge is -2.02. The minimum absolute atomic E-state index is 0.0501. The van der Waals surface area contributed by atoms with Crippen LogP contribution in [0.1, 0.15) is 6.42 Å². The Morgan fingerprint density at radius 3 is 3.05 bits per heavy atom. The van der Waals surface area contributed by atoms with E-state index >= 15 is 0 Å². The first-order valence-electron chi connectivity index (χ1n) is 6.00. The van der Waals surface area contributed by atoms with Gasteiger partial charge in [-0.1, -0.05) is 23.9 Å². The average molecular weight is 275 g/mol. The number of rotatable bonds is 5. The Balaban J connectivity index is 1.65. The molecule has 7 heteroatoms. The summed E-state index contributed by atoms with van der Waals surface area (Å²) in [5.41, 5.74) is 1.79. The highest BCUT2D eigenvalue weighted by Crippen LogP contribution is 2.14. The summed E-state index contributed by atoms with van der Waals surface area (Å²) in [6.07, 6.45) is 2.39. The molecule has 1 aromatic carbocycles. The third-order valence-corrected chi connectivity index (χ3v) is 3.80. The molecule has 0 saturated heterocycles. The number of hydrogen-bond donors (Lipinski definition) is 2. The molecule has 0 spiro atoms. The number of para-hydroxylation sites is 2. The minimum atomic E-state index is -0.0501. The van der Waals surface area contributed by atoms with E-state index in [0.717, 1.165) is 28.4 Å². The minimum Gasteiger partial charge on any atom is -0.306 e. The number of benzene rings is 1.